The molecule has 0 saturated carbocycles. The molecule has 1 spiro atoms. The highest BCUT2D eigenvalue weighted by Crippen LogP contribution is 2.32. The minimum absolute atomic E-state index is 0.0103. The first-order valence-electron chi connectivity index (χ1n) is 12.4. The molecule has 36 heavy (non-hydrogen) atoms. The van der Waals surface area contributed by atoms with Crippen molar-refractivity contribution >= 4 is 21.8 Å². The molecule has 1 amide bonds. The fraction of sp³-hybridized carbons (Fsp3) is 0.481. The summed E-state index contributed by atoms with van der Waals surface area (Å²) < 4.78 is 33.5. The van der Waals surface area contributed by atoms with Crippen LogP contribution in [0.2, 0.25) is 0 Å². The van der Waals surface area contributed by atoms with Gasteiger partial charge in [-0.3, -0.25) is 9.79 Å². The van der Waals surface area contributed by atoms with E-state index in [1.807, 2.05) is 57.2 Å². The molecule has 1 fully saturated rings. The molecule has 0 aliphatic carbocycles. The number of hydrogen-bond donors (Lipinski definition) is 2. The summed E-state index contributed by atoms with van der Waals surface area (Å²) in [4.78, 5) is 17.6. The van der Waals surface area contributed by atoms with Crippen LogP contribution in [0.3, 0.4) is 0 Å². The number of amides is 1. The summed E-state index contributed by atoms with van der Waals surface area (Å²) in [6.07, 6.45) is 1.71. The van der Waals surface area contributed by atoms with Crippen molar-refractivity contribution in [1.29, 1.82) is 0 Å². The van der Waals surface area contributed by atoms with Crippen LogP contribution in [0.4, 0.5) is 0 Å². The lowest BCUT2D eigenvalue weighted by Crippen LogP contribution is -2.50. The fourth-order valence-corrected chi connectivity index (χ4v) is 6.42. The maximum absolute atomic E-state index is 13.2. The number of aliphatic imine (C=N–C) groups is 1. The van der Waals surface area contributed by atoms with Crippen LogP contribution in [-0.4, -0.2) is 67.2 Å². The Balaban J connectivity index is 1.39. The third kappa shape index (κ3) is 5.63. The highest BCUT2D eigenvalue weighted by atomic mass is 32.2. The zero-order valence-electron chi connectivity index (χ0n) is 21.2. The molecular weight excluding hydrogens is 478 g/mol. The Morgan fingerprint density at radius 1 is 1.11 bits per heavy atom. The molecule has 2 aliphatic rings. The van der Waals surface area contributed by atoms with Gasteiger partial charge >= 0.3 is 0 Å². The van der Waals surface area contributed by atoms with Gasteiger partial charge in [-0.2, -0.15) is 0 Å². The number of benzene rings is 2. The first-order valence-corrected chi connectivity index (χ1v) is 14.0. The summed E-state index contributed by atoms with van der Waals surface area (Å²) in [7, 11) is -3.48. The lowest BCUT2D eigenvalue weighted by Gasteiger charge is -2.34. The average molecular weight is 514 g/mol. The average Bonchev–Trinajstić information content (AvgIpc) is 3.14. The summed E-state index contributed by atoms with van der Waals surface area (Å²) in [6.45, 7) is 6.98. The number of carbonyl (C=O) groups is 1. The maximum Gasteiger partial charge on any atom is 0.253 e. The Hall–Kier alpha value is -2.75. The van der Waals surface area contributed by atoms with Crippen LogP contribution in [0.25, 0.3) is 0 Å². The number of aliphatic hydroxyl groups is 1. The van der Waals surface area contributed by atoms with Gasteiger partial charge in [-0.1, -0.05) is 23.8 Å². The van der Waals surface area contributed by atoms with Gasteiger partial charge < -0.3 is 15.2 Å². The van der Waals surface area contributed by atoms with Crippen LogP contribution in [0.5, 0.6) is 5.75 Å². The molecule has 4 rings (SSSR count). The smallest absolute Gasteiger partial charge is 0.253 e. The number of amidine groups is 1. The number of hydrogen-bond acceptors (Lipinski definition) is 6. The van der Waals surface area contributed by atoms with Crippen LogP contribution in [-0.2, 0) is 21.2 Å². The molecule has 9 heteroatoms. The van der Waals surface area contributed by atoms with Gasteiger partial charge in [0.2, 0.25) is 10.0 Å². The molecule has 2 heterocycles. The SMILES string of the molecule is Cc1cccc(C2=NC3(CCN(S(=O)(=O)CCc4c(C)cc(OCCCO)cc4C)CC3)C(=O)N2)c1. The molecule has 8 nitrogen and oxygen atoms in total. The number of sulfonamides is 1. The Morgan fingerprint density at radius 2 is 1.81 bits per heavy atom. The Kier molecular flexibility index (Phi) is 7.82. The number of ether oxygens (including phenoxy) is 1. The van der Waals surface area contributed by atoms with Gasteiger partial charge in [-0.05, 0) is 74.9 Å². The van der Waals surface area contributed by atoms with Gasteiger partial charge in [0.25, 0.3) is 5.91 Å². The predicted octanol–water partition coefficient (Wildman–Crippen LogP) is 2.66. The second-order valence-electron chi connectivity index (χ2n) is 9.74. The van der Waals surface area contributed by atoms with Crippen LogP contribution >= 0.6 is 0 Å². The van der Waals surface area contributed by atoms with Gasteiger partial charge in [-0.25, -0.2) is 12.7 Å². The maximum atomic E-state index is 13.2. The second-order valence-corrected chi connectivity index (χ2v) is 11.8. The van der Waals surface area contributed by atoms with Crippen molar-refractivity contribution in [3.63, 3.8) is 0 Å². The van der Waals surface area contributed by atoms with Gasteiger partial charge in [-0.15, -0.1) is 0 Å². The van der Waals surface area contributed by atoms with E-state index in [1.165, 1.54) is 4.31 Å². The number of carbonyl (C=O) groups excluding carboxylic acids is 1. The van der Waals surface area contributed by atoms with E-state index >= 15 is 0 Å². The topological polar surface area (TPSA) is 108 Å². The summed E-state index contributed by atoms with van der Waals surface area (Å²) in [5.74, 6) is 1.15. The van der Waals surface area contributed by atoms with Gasteiger partial charge in [0.15, 0.2) is 0 Å². The highest BCUT2D eigenvalue weighted by Gasteiger charge is 2.47. The lowest BCUT2D eigenvalue weighted by molar-refractivity contribution is -0.124. The van der Waals surface area contributed by atoms with Crippen molar-refractivity contribution in [2.75, 3.05) is 32.1 Å². The molecule has 0 bridgehead atoms. The number of piperidine rings is 1. The predicted molar refractivity (Wildman–Crippen MR) is 140 cm³/mol. The summed E-state index contributed by atoms with van der Waals surface area (Å²) in [5, 5.41) is 11.8. The van der Waals surface area contributed by atoms with Crippen LogP contribution in [0, 0.1) is 20.8 Å². The molecule has 2 aliphatic heterocycles. The summed E-state index contributed by atoms with van der Waals surface area (Å²) >= 11 is 0. The van der Waals surface area contributed by atoms with Gasteiger partial charge in [0.05, 0.1) is 12.4 Å². The third-order valence-electron chi connectivity index (χ3n) is 7.07. The first-order chi connectivity index (χ1) is 17.1. The molecule has 2 aromatic rings. The van der Waals surface area contributed by atoms with E-state index in [1.54, 1.807) is 0 Å². The molecule has 2 N–H and O–H groups in total. The molecular formula is C27H35N3O5S. The standard InChI is InChI=1S/C27H35N3O5S/c1-19-6-4-7-22(16-19)25-28-26(32)27(29-25)9-11-30(12-10-27)36(33,34)15-8-24-20(2)17-23(18-21(24)3)35-14-5-13-31/h4,6-7,16-18,31H,5,8-15H2,1-3H3,(H,28,29,32). The third-order valence-corrected chi connectivity index (χ3v) is 8.94. The monoisotopic (exact) mass is 513 g/mol. The molecule has 0 unspecified atom stereocenters. The van der Waals surface area contributed by atoms with Crippen LogP contribution < -0.4 is 10.1 Å². The number of aryl methyl sites for hydroxylation is 3. The number of nitrogens with one attached hydrogen (secondary N) is 1. The van der Waals surface area contributed by atoms with E-state index in [4.69, 9.17) is 14.8 Å². The van der Waals surface area contributed by atoms with E-state index in [9.17, 15) is 13.2 Å². The number of nitrogens with zero attached hydrogens (tertiary/aromatic N) is 2. The quantitative estimate of drug-likeness (QED) is 0.501. The molecule has 194 valence electrons. The minimum atomic E-state index is -3.48. The van der Waals surface area contributed by atoms with Crippen LogP contribution in [0.1, 0.15) is 47.1 Å². The number of rotatable bonds is 9. The molecule has 0 aromatic heterocycles. The van der Waals surface area contributed by atoms with E-state index < -0.39 is 15.6 Å². The van der Waals surface area contributed by atoms with Crippen molar-refractivity contribution in [2.45, 2.75) is 52.0 Å². The largest absolute Gasteiger partial charge is 0.493 e. The van der Waals surface area contributed by atoms with Crippen molar-refractivity contribution < 1.29 is 23.1 Å². The lowest BCUT2D eigenvalue weighted by atomic mass is 9.89. The zero-order valence-corrected chi connectivity index (χ0v) is 22.0. The van der Waals surface area contributed by atoms with Crippen molar-refractivity contribution in [3.05, 3.63) is 64.2 Å². The van der Waals surface area contributed by atoms with Crippen molar-refractivity contribution in [1.82, 2.24) is 9.62 Å². The van der Waals surface area contributed by atoms with Gasteiger partial charge in [0.1, 0.15) is 17.1 Å². The second kappa shape index (κ2) is 10.7. The Morgan fingerprint density at radius 3 is 2.44 bits per heavy atom. The number of aliphatic hydroxyl groups excluding tert-OH is 1. The highest BCUT2D eigenvalue weighted by molar-refractivity contribution is 7.89. The van der Waals surface area contributed by atoms with Crippen molar-refractivity contribution in [3.8, 4) is 5.75 Å². The fourth-order valence-electron chi connectivity index (χ4n) is 4.96. The van der Waals surface area contributed by atoms with E-state index in [-0.39, 0.29) is 31.4 Å². The normalized spacial score (nSPS) is 17.8. The molecule has 2 aromatic carbocycles. The Bertz CT molecular complexity index is 1240. The molecule has 0 radical (unpaired) electrons. The summed E-state index contributed by atoms with van der Waals surface area (Å²) in [5.41, 5.74) is 4.03. The van der Waals surface area contributed by atoms with Crippen molar-refractivity contribution in [2.24, 2.45) is 4.99 Å². The first kappa shape index (κ1) is 26.3. The summed E-state index contributed by atoms with van der Waals surface area (Å²) in [6, 6.07) is 11.7. The minimum Gasteiger partial charge on any atom is -0.493 e. The van der Waals surface area contributed by atoms with E-state index in [0.29, 0.717) is 38.1 Å². The van der Waals surface area contributed by atoms with E-state index in [2.05, 4.69) is 5.32 Å². The molecule has 1 saturated heterocycles. The zero-order chi connectivity index (χ0) is 25.9. The van der Waals surface area contributed by atoms with Gasteiger partial charge in [0, 0.05) is 31.7 Å². The molecule has 0 atom stereocenters. The van der Waals surface area contributed by atoms with Crippen LogP contribution in [0.15, 0.2) is 41.4 Å². The Labute approximate surface area is 213 Å². The van der Waals surface area contributed by atoms with E-state index in [0.717, 1.165) is 33.6 Å².